The van der Waals surface area contributed by atoms with Gasteiger partial charge in [0.2, 0.25) is 0 Å². The molecule has 1 aromatic carbocycles. The van der Waals surface area contributed by atoms with Crippen molar-refractivity contribution in [3.05, 3.63) is 65.7 Å². The number of nitrogens with one attached hydrogen (secondary N) is 1. The zero-order valence-corrected chi connectivity index (χ0v) is 10.6. The van der Waals surface area contributed by atoms with Crippen LogP contribution in [0.1, 0.15) is 22.9 Å². The first-order valence-corrected chi connectivity index (χ1v) is 6.14. The van der Waals surface area contributed by atoms with Gasteiger partial charge in [-0.3, -0.25) is 10.8 Å². The average molecular weight is 253 g/mol. The van der Waals surface area contributed by atoms with Gasteiger partial charge >= 0.3 is 0 Å². The molecule has 2 heterocycles. The number of aromatic nitrogens is 1. The number of hydrogen-bond donors (Lipinski definition) is 2. The molecule has 0 radical (unpaired) electrons. The number of para-hydroxylation sites is 1. The van der Waals surface area contributed by atoms with E-state index in [1.165, 1.54) is 0 Å². The van der Waals surface area contributed by atoms with Gasteiger partial charge in [-0.1, -0.05) is 18.2 Å². The molecule has 0 aliphatic rings. The first-order valence-electron chi connectivity index (χ1n) is 6.14. The quantitative estimate of drug-likeness (QED) is 0.556. The largest absolute Gasteiger partial charge is 0.472 e. The molecule has 0 aliphatic carbocycles. The fraction of sp³-hybridized carbons (Fsp3) is 0.133. The first-order chi connectivity index (χ1) is 9.29. The highest BCUT2D eigenvalue weighted by molar-refractivity contribution is 5.83. The monoisotopic (exact) mass is 253 g/mol. The molecule has 1 atom stereocenters. The number of hydrogen-bond acceptors (Lipinski definition) is 4. The Morgan fingerprint density at radius 3 is 2.84 bits per heavy atom. The summed E-state index contributed by atoms with van der Waals surface area (Å²) in [5.41, 5.74) is 6.90. The highest BCUT2D eigenvalue weighted by Crippen LogP contribution is 2.28. The second-order valence-corrected chi connectivity index (χ2v) is 4.53. The number of aryl methyl sites for hydroxylation is 1. The summed E-state index contributed by atoms with van der Waals surface area (Å²) in [5.74, 6) is 5.73. The number of rotatable bonds is 3. The van der Waals surface area contributed by atoms with Crippen LogP contribution in [0.5, 0.6) is 0 Å². The zero-order chi connectivity index (χ0) is 13.2. The molecule has 0 saturated heterocycles. The van der Waals surface area contributed by atoms with E-state index in [4.69, 9.17) is 10.3 Å². The Morgan fingerprint density at radius 1 is 1.26 bits per heavy atom. The van der Waals surface area contributed by atoms with Crippen molar-refractivity contribution in [3.63, 3.8) is 0 Å². The van der Waals surface area contributed by atoms with Crippen LogP contribution in [0.3, 0.4) is 0 Å². The van der Waals surface area contributed by atoms with Gasteiger partial charge in [0, 0.05) is 16.6 Å². The van der Waals surface area contributed by atoms with Crippen LogP contribution in [0.4, 0.5) is 0 Å². The van der Waals surface area contributed by atoms with E-state index in [1.54, 1.807) is 12.5 Å². The van der Waals surface area contributed by atoms with Gasteiger partial charge in [-0.2, -0.15) is 0 Å². The Bertz CT molecular complexity index is 692. The number of furan rings is 1. The van der Waals surface area contributed by atoms with E-state index >= 15 is 0 Å². The molecule has 2 aromatic heterocycles. The summed E-state index contributed by atoms with van der Waals surface area (Å²) in [6.07, 6.45) is 3.35. The van der Waals surface area contributed by atoms with Gasteiger partial charge in [0.1, 0.15) is 0 Å². The molecule has 3 aromatic rings. The molecule has 3 N–H and O–H groups in total. The topological polar surface area (TPSA) is 64.1 Å². The molecule has 1 unspecified atom stereocenters. The number of fused-ring (bicyclic) bond motifs is 1. The number of hydrazine groups is 1. The molecular formula is C15H15N3O. The van der Waals surface area contributed by atoms with E-state index in [0.29, 0.717) is 0 Å². The first kappa shape index (κ1) is 11.9. The normalized spacial score (nSPS) is 12.7. The maximum absolute atomic E-state index is 5.73. The Kier molecular flexibility index (Phi) is 3.03. The van der Waals surface area contributed by atoms with Crippen LogP contribution in [0.25, 0.3) is 10.9 Å². The highest BCUT2D eigenvalue weighted by atomic mass is 16.3. The van der Waals surface area contributed by atoms with Gasteiger partial charge < -0.3 is 4.42 Å². The second-order valence-electron chi connectivity index (χ2n) is 4.53. The molecule has 3 rings (SSSR count). The number of benzene rings is 1. The van der Waals surface area contributed by atoms with E-state index in [9.17, 15) is 0 Å². The maximum Gasteiger partial charge on any atom is 0.0954 e. The fourth-order valence-corrected chi connectivity index (χ4v) is 2.38. The van der Waals surface area contributed by atoms with Gasteiger partial charge in [0.05, 0.1) is 24.1 Å². The van der Waals surface area contributed by atoms with Crippen molar-refractivity contribution >= 4 is 10.9 Å². The third kappa shape index (κ3) is 2.12. The van der Waals surface area contributed by atoms with Crippen LogP contribution in [0.15, 0.2) is 53.3 Å². The summed E-state index contributed by atoms with van der Waals surface area (Å²) in [6.45, 7) is 1.99. The van der Waals surface area contributed by atoms with E-state index in [-0.39, 0.29) is 6.04 Å². The van der Waals surface area contributed by atoms with Crippen LogP contribution in [-0.2, 0) is 0 Å². The average Bonchev–Trinajstić information content (AvgIpc) is 2.93. The molecule has 0 aliphatic heterocycles. The molecule has 4 heteroatoms. The van der Waals surface area contributed by atoms with Gasteiger partial charge in [-0.25, -0.2) is 5.43 Å². The van der Waals surface area contributed by atoms with Crippen LogP contribution in [-0.4, -0.2) is 4.98 Å². The van der Waals surface area contributed by atoms with Crippen molar-refractivity contribution in [2.75, 3.05) is 0 Å². The summed E-state index contributed by atoms with van der Waals surface area (Å²) in [6, 6.07) is 11.9. The Balaban J connectivity index is 2.23. The van der Waals surface area contributed by atoms with Crippen molar-refractivity contribution in [1.82, 2.24) is 10.4 Å². The minimum Gasteiger partial charge on any atom is -0.472 e. The molecule has 4 nitrogen and oxygen atoms in total. The van der Waals surface area contributed by atoms with Crippen LogP contribution in [0.2, 0.25) is 0 Å². The molecule has 0 bridgehead atoms. The predicted molar refractivity (Wildman–Crippen MR) is 74.4 cm³/mol. The fourth-order valence-electron chi connectivity index (χ4n) is 2.38. The van der Waals surface area contributed by atoms with Gasteiger partial charge in [-0.15, -0.1) is 0 Å². The van der Waals surface area contributed by atoms with Crippen molar-refractivity contribution in [1.29, 1.82) is 0 Å². The molecular weight excluding hydrogens is 238 g/mol. The van der Waals surface area contributed by atoms with Crippen molar-refractivity contribution in [2.24, 2.45) is 5.84 Å². The number of nitrogens with zero attached hydrogens (tertiary/aromatic N) is 1. The van der Waals surface area contributed by atoms with E-state index < -0.39 is 0 Å². The standard InChI is InChI=1S/C15H15N3O/c1-10-8-13(12-4-2-3-5-14(12)17-10)15(18-16)11-6-7-19-9-11/h2-9,15,18H,16H2,1H3. The summed E-state index contributed by atoms with van der Waals surface area (Å²) in [7, 11) is 0. The Labute approximate surface area is 111 Å². The van der Waals surface area contributed by atoms with E-state index in [0.717, 1.165) is 27.7 Å². The van der Waals surface area contributed by atoms with Gasteiger partial charge in [-0.05, 0) is 30.7 Å². The SMILES string of the molecule is Cc1cc(C(NN)c2ccoc2)c2ccccc2n1. The van der Waals surface area contributed by atoms with Crippen LogP contribution >= 0.6 is 0 Å². The summed E-state index contributed by atoms with van der Waals surface area (Å²) >= 11 is 0. The summed E-state index contributed by atoms with van der Waals surface area (Å²) in [4.78, 5) is 4.54. The molecule has 0 amide bonds. The third-order valence-electron chi connectivity index (χ3n) is 3.23. The van der Waals surface area contributed by atoms with E-state index in [2.05, 4.69) is 22.5 Å². The van der Waals surface area contributed by atoms with E-state index in [1.807, 2.05) is 31.2 Å². The molecule has 96 valence electrons. The highest BCUT2D eigenvalue weighted by Gasteiger charge is 2.17. The third-order valence-corrected chi connectivity index (χ3v) is 3.23. The summed E-state index contributed by atoms with van der Waals surface area (Å²) < 4.78 is 5.15. The lowest BCUT2D eigenvalue weighted by Crippen LogP contribution is -2.28. The number of nitrogens with two attached hydrogens (primary N) is 1. The molecule has 0 spiro atoms. The zero-order valence-electron chi connectivity index (χ0n) is 10.6. The lowest BCUT2D eigenvalue weighted by molar-refractivity contribution is 0.553. The molecule has 19 heavy (non-hydrogen) atoms. The lowest BCUT2D eigenvalue weighted by atomic mass is 9.97. The molecule has 0 fully saturated rings. The molecule has 0 saturated carbocycles. The Hall–Kier alpha value is -2.17. The minimum atomic E-state index is -0.106. The number of pyridine rings is 1. The van der Waals surface area contributed by atoms with Crippen molar-refractivity contribution in [3.8, 4) is 0 Å². The van der Waals surface area contributed by atoms with Crippen LogP contribution in [0, 0.1) is 6.92 Å². The van der Waals surface area contributed by atoms with Crippen LogP contribution < -0.4 is 11.3 Å². The van der Waals surface area contributed by atoms with Gasteiger partial charge in [0.15, 0.2) is 0 Å². The van der Waals surface area contributed by atoms with Crippen molar-refractivity contribution < 1.29 is 4.42 Å². The smallest absolute Gasteiger partial charge is 0.0954 e. The lowest BCUT2D eigenvalue weighted by Gasteiger charge is -2.17. The predicted octanol–water partition coefficient (Wildman–Crippen LogP) is 2.69. The Morgan fingerprint density at radius 2 is 2.11 bits per heavy atom. The minimum absolute atomic E-state index is 0.106. The van der Waals surface area contributed by atoms with Crippen molar-refractivity contribution in [2.45, 2.75) is 13.0 Å². The second kappa shape index (κ2) is 4.84. The maximum atomic E-state index is 5.73. The van der Waals surface area contributed by atoms with Gasteiger partial charge in [0.25, 0.3) is 0 Å². The summed E-state index contributed by atoms with van der Waals surface area (Å²) in [5, 5.41) is 1.09.